The molecule has 2 rings (SSSR count). The van der Waals surface area contributed by atoms with Crippen molar-refractivity contribution in [3.05, 3.63) is 58.9 Å². The van der Waals surface area contributed by atoms with Crippen LogP contribution in [0.15, 0.2) is 41.4 Å². The maximum absolute atomic E-state index is 13.6. The largest absolute Gasteiger partial charge is 0.493 e. The second-order valence-corrected chi connectivity index (χ2v) is 6.26. The third-order valence-electron chi connectivity index (χ3n) is 4.27. The van der Waals surface area contributed by atoms with Crippen LogP contribution in [0.3, 0.4) is 0 Å². The third kappa shape index (κ3) is 6.38. The van der Waals surface area contributed by atoms with Gasteiger partial charge in [0.15, 0.2) is 17.5 Å². The zero-order valence-corrected chi connectivity index (χ0v) is 17.1. The molecule has 3 N–H and O–H groups in total. The van der Waals surface area contributed by atoms with Gasteiger partial charge in [0.2, 0.25) is 0 Å². The van der Waals surface area contributed by atoms with Crippen LogP contribution in [0.2, 0.25) is 0 Å². The molecule has 29 heavy (non-hydrogen) atoms. The first-order chi connectivity index (χ1) is 14.0. The Morgan fingerprint density at radius 3 is 2.38 bits per heavy atom. The van der Waals surface area contributed by atoms with E-state index in [0.29, 0.717) is 48.2 Å². The van der Waals surface area contributed by atoms with Gasteiger partial charge in [0.25, 0.3) is 5.91 Å². The molecule has 0 spiro atoms. The number of rotatable bonds is 8. The van der Waals surface area contributed by atoms with Crippen molar-refractivity contribution >= 4 is 11.9 Å². The van der Waals surface area contributed by atoms with Gasteiger partial charge in [0.05, 0.1) is 14.2 Å². The van der Waals surface area contributed by atoms with Crippen LogP contribution in [0.25, 0.3) is 0 Å². The normalized spacial score (nSPS) is 11.0. The highest BCUT2D eigenvalue weighted by Crippen LogP contribution is 2.27. The summed E-state index contributed by atoms with van der Waals surface area (Å²) in [6.07, 6.45) is 0. The zero-order chi connectivity index (χ0) is 21.2. The second kappa shape index (κ2) is 10.9. The van der Waals surface area contributed by atoms with Crippen molar-refractivity contribution in [3.8, 4) is 11.5 Å². The number of carbonyl (C=O) groups excluding carboxylic acids is 1. The molecule has 0 heterocycles. The van der Waals surface area contributed by atoms with Gasteiger partial charge in [-0.3, -0.25) is 9.79 Å². The van der Waals surface area contributed by atoms with Gasteiger partial charge in [-0.25, -0.2) is 4.39 Å². The lowest BCUT2D eigenvalue weighted by atomic mass is 10.1. The minimum atomic E-state index is -0.393. The average Bonchev–Trinajstić information content (AvgIpc) is 2.74. The molecule has 0 atom stereocenters. The van der Waals surface area contributed by atoms with Crippen LogP contribution in [0, 0.1) is 12.7 Å². The fourth-order valence-electron chi connectivity index (χ4n) is 2.59. The highest BCUT2D eigenvalue weighted by Gasteiger charge is 2.08. The maximum Gasteiger partial charge on any atom is 0.251 e. The number of carbonyl (C=O) groups is 1. The molecule has 156 valence electrons. The van der Waals surface area contributed by atoms with Crippen molar-refractivity contribution in [2.75, 3.05) is 34.4 Å². The molecule has 0 unspecified atom stereocenters. The lowest BCUT2D eigenvalue weighted by Crippen LogP contribution is -2.41. The smallest absolute Gasteiger partial charge is 0.251 e. The molecule has 0 saturated carbocycles. The van der Waals surface area contributed by atoms with Crippen LogP contribution in [-0.4, -0.2) is 46.2 Å². The SMILES string of the molecule is CN=C(NCCNC(=O)c1ccc(C)c(F)c1)NCc1ccc(OC)c(OC)c1. The molecule has 0 aliphatic carbocycles. The Morgan fingerprint density at radius 2 is 1.72 bits per heavy atom. The topological polar surface area (TPSA) is 84.0 Å². The maximum atomic E-state index is 13.6. The van der Waals surface area contributed by atoms with Crippen molar-refractivity contribution in [2.24, 2.45) is 4.99 Å². The van der Waals surface area contributed by atoms with Gasteiger partial charge in [-0.1, -0.05) is 12.1 Å². The lowest BCUT2D eigenvalue weighted by Gasteiger charge is -2.14. The number of hydrogen-bond acceptors (Lipinski definition) is 4. The number of aryl methyl sites for hydroxylation is 1. The number of amides is 1. The van der Waals surface area contributed by atoms with E-state index in [4.69, 9.17) is 9.47 Å². The van der Waals surface area contributed by atoms with E-state index in [0.717, 1.165) is 5.56 Å². The van der Waals surface area contributed by atoms with Crippen molar-refractivity contribution in [3.63, 3.8) is 0 Å². The van der Waals surface area contributed by atoms with E-state index in [1.807, 2.05) is 18.2 Å². The summed E-state index contributed by atoms with van der Waals surface area (Å²) in [6.45, 7) is 3.02. The summed E-state index contributed by atoms with van der Waals surface area (Å²) in [7, 11) is 4.85. The molecule has 0 aliphatic rings. The van der Waals surface area contributed by atoms with E-state index in [9.17, 15) is 9.18 Å². The standard InChI is InChI=1S/C21H27FN4O3/c1-14-5-7-16(12-17(14)22)20(27)24-9-10-25-21(23-2)26-13-15-6-8-18(28-3)19(11-15)29-4/h5-8,11-12H,9-10,13H2,1-4H3,(H,24,27)(H2,23,25,26). The number of nitrogens with zero attached hydrogens (tertiary/aromatic N) is 1. The molecule has 0 saturated heterocycles. The molecule has 8 heteroatoms. The van der Waals surface area contributed by atoms with Crippen LogP contribution in [0.4, 0.5) is 4.39 Å². The summed E-state index contributed by atoms with van der Waals surface area (Å²) in [6, 6.07) is 10.1. The number of ether oxygens (including phenoxy) is 2. The molecule has 0 radical (unpaired) electrons. The number of methoxy groups -OCH3 is 2. The van der Waals surface area contributed by atoms with E-state index < -0.39 is 5.82 Å². The Bertz CT molecular complexity index is 871. The Kier molecular flexibility index (Phi) is 8.27. The summed E-state index contributed by atoms with van der Waals surface area (Å²) < 4.78 is 24.1. The van der Waals surface area contributed by atoms with Crippen molar-refractivity contribution in [2.45, 2.75) is 13.5 Å². The van der Waals surface area contributed by atoms with Gasteiger partial charge in [0.1, 0.15) is 5.82 Å². The monoisotopic (exact) mass is 402 g/mol. The predicted molar refractivity (Wildman–Crippen MR) is 111 cm³/mol. The number of nitrogens with one attached hydrogen (secondary N) is 3. The fraction of sp³-hybridized carbons (Fsp3) is 0.333. The van der Waals surface area contributed by atoms with Crippen molar-refractivity contribution < 1.29 is 18.7 Å². The molecular formula is C21H27FN4O3. The van der Waals surface area contributed by atoms with Crippen LogP contribution in [-0.2, 0) is 6.54 Å². The molecular weight excluding hydrogens is 375 g/mol. The van der Waals surface area contributed by atoms with Crippen LogP contribution in [0.1, 0.15) is 21.5 Å². The van der Waals surface area contributed by atoms with E-state index in [1.54, 1.807) is 40.3 Å². The van der Waals surface area contributed by atoms with E-state index in [-0.39, 0.29) is 5.91 Å². The average molecular weight is 402 g/mol. The van der Waals surface area contributed by atoms with Gasteiger partial charge in [-0.15, -0.1) is 0 Å². The Hall–Kier alpha value is -3.29. The minimum absolute atomic E-state index is 0.295. The minimum Gasteiger partial charge on any atom is -0.493 e. The number of halogens is 1. The van der Waals surface area contributed by atoms with Crippen LogP contribution < -0.4 is 25.4 Å². The first-order valence-electron chi connectivity index (χ1n) is 9.18. The summed E-state index contributed by atoms with van der Waals surface area (Å²) in [5.41, 5.74) is 1.80. The van der Waals surface area contributed by atoms with E-state index in [2.05, 4.69) is 20.9 Å². The predicted octanol–water partition coefficient (Wildman–Crippen LogP) is 2.25. The fourth-order valence-corrected chi connectivity index (χ4v) is 2.59. The Labute approximate surface area is 170 Å². The molecule has 0 aliphatic heterocycles. The van der Waals surface area contributed by atoms with Crippen molar-refractivity contribution in [1.29, 1.82) is 0 Å². The highest BCUT2D eigenvalue weighted by molar-refractivity contribution is 5.94. The second-order valence-electron chi connectivity index (χ2n) is 6.26. The molecule has 0 fully saturated rings. The number of benzene rings is 2. The first kappa shape index (κ1) is 22.0. The van der Waals surface area contributed by atoms with Gasteiger partial charge in [-0.2, -0.15) is 0 Å². The third-order valence-corrected chi connectivity index (χ3v) is 4.27. The number of aliphatic imine (C=N–C) groups is 1. The summed E-state index contributed by atoms with van der Waals surface area (Å²) >= 11 is 0. The van der Waals surface area contributed by atoms with E-state index >= 15 is 0 Å². The lowest BCUT2D eigenvalue weighted by molar-refractivity contribution is 0.0954. The van der Waals surface area contributed by atoms with Crippen LogP contribution in [0.5, 0.6) is 11.5 Å². The number of guanidine groups is 1. The Balaban J connectivity index is 1.77. The zero-order valence-electron chi connectivity index (χ0n) is 17.1. The highest BCUT2D eigenvalue weighted by atomic mass is 19.1. The molecule has 0 bridgehead atoms. The molecule has 1 amide bonds. The molecule has 7 nitrogen and oxygen atoms in total. The summed E-state index contributed by atoms with van der Waals surface area (Å²) in [4.78, 5) is 16.2. The molecule has 2 aromatic rings. The number of hydrogen-bond donors (Lipinski definition) is 3. The summed E-state index contributed by atoms with van der Waals surface area (Å²) in [5, 5.41) is 9.05. The van der Waals surface area contributed by atoms with E-state index in [1.165, 1.54) is 6.07 Å². The Morgan fingerprint density at radius 1 is 1.00 bits per heavy atom. The summed E-state index contributed by atoms with van der Waals surface area (Å²) in [5.74, 6) is 1.21. The van der Waals surface area contributed by atoms with Gasteiger partial charge >= 0.3 is 0 Å². The van der Waals surface area contributed by atoms with Gasteiger partial charge in [0, 0.05) is 32.2 Å². The first-order valence-corrected chi connectivity index (χ1v) is 9.18. The molecule has 0 aromatic heterocycles. The van der Waals surface area contributed by atoms with Crippen molar-refractivity contribution in [1.82, 2.24) is 16.0 Å². The quantitative estimate of drug-likeness (QED) is 0.358. The van der Waals surface area contributed by atoms with Gasteiger partial charge < -0.3 is 25.4 Å². The van der Waals surface area contributed by atoms with Crippen LogP contribution >= 0.6 is 0 Å². The molecule has 2 aromatic carbocycles. The van der Waals surface area contributed by atoms with Gasteiger partial charge in [-0.05, 0) is 42.3 Å².